The Kier molecular flexibility index (Phi) is 5.62. The van der Waals surface area contributed by atoms with Crippen LogP contribution < -0.4 is 9.47 Å². The molecule has 1 N–H and O–H groups in total. The first kappa shape index (κ1) is 22.8. The van der Waals surface area contributed by atoms with Gasteiger partial charge in [-0.2, -0.15) is 23.4 Å². The Balaban J connectivity index is 1.48. The fraction of sp³-hybridized carbons (Fsp3) is 0.292. The van der Waals surface area contributed by atoms with Crippen molar-refractivity contribution in [1.29, 1.82) is 0 Å². The maximum Gasteiger partial charge on any atom is 0.435 e. The van der Waals surface area contributed by atoms with Gasteiger partial charge < -0.3 is 14.6 Å². The Morgan fingerprint density at radius 3 is 2.57 bits per heavy atom. The second-order valence-corrected chi connectivity index (χ2v) is 8.25. The van der Waals surface area contributed by atoms with Crippen molar-refractivity contribution in [2.75, 3.05) is 13.2 Å². The summed E-state index contributed by atoms with van der Waals surface area (Å²) in [6, 6.07) is 12.2. The van der Waals surface area contributed by atoms with Crippen LogP contribution in [0, 0.1) is 6.92 Å². The van der Waals surface area contributed by atoms with E-state index in [4.69, 9.17) is 9.47 Å². The molecule has 3 heterocycles. The monoisotopic (exact) mass is 486 g/mol. The van der Waals surface area contributed by atoms with Gasteiger partial charge in [0.25, 0.3) is 5.91 Å². The molecule has 8 nitrogen and oxygen atoms in total. The number of halogens is 3. The SMILES string of the molecule is Cc1cc(C(F)(F)F)nn1CC(=O)N1N=C(c2ccc3c(c2)OCCO3)C[C@H]1c1ccccc1O. The summed E-state index contributed by atoms with van der Waals surface area (Å²) in [5.74, 6) is 0.597. The summed E-state index contributed by atoms with van der Waals surface area (Å²) in [4.78, 5) is 13.3. The standard InChI is InChI=1S/C24H21F3N4O4/c1-14-10-22(24(25,26)27)29-30(14)13-23(33)31-18(16-4-2-3-5-19(16)32)12-17(28-31)15-6-7-20-21(11-15)35-9-8-34-20/h2-7,10-11,18,32H,8-9,12-13H2,1H3/t18-/m0/s1. The summed E-state index contributed by atoms with van der Waals surface area (Å²) in [7, 11) is 0. The minimum absolute atomic E-state index is 0.0106. The van der Waals surface area contributed by atoms with Crippen LogP contribution >= 0.6 is 0 Å². The number of ether oxygens (including phenoxy) is 2. The van der Waals surface area contributed by atoms with E-state index in [0.717, 1.165) is 10.7 Å². The van der Waals surface area contributed by atoms with Gasteiger partial charge in [-0.1, -0.05) is 18.2 Å². The molecule has 11 heteroatoms. The Hall–Kier alpha value is -4.02. The third kappa shape index (κ3) is 4.41. The van der Waals surface area contributed by atoms with Crippen molar-refractivity contribution in [3.05, 3.63) is 71.0 Å². The van der Waals surface area contributed by atoms with Crippen molar-refractivity contribution in [1.82, 2.24) is 14.8 Å². The Labute approximate surface area is 198 Å². The lowest BCUT2D eigenvalue weighted by Gasteiger charge is -2.23. The first-order valence-electron chi connectivity index (χ1n) is 10.9. The number of hydrazone groups is 1. The van der Waals surface area contributed by atoms with Crippen molar-refractivity contribution in [3.63, 3.8) is 0 Å². The van der Waals surface area contributed by atoms with Crippen LogP contribution in [0.2, 0.25) is 0 Å². The number of para-hydroxylation sites is 1. The molecule has 0 aliphatic carbocycles. The topological polar surface area (TPSA) is 89.2 Å². The van der Waals surface area contributed by atoms with E-state index in [1.807, 2.05) is 0 Å². The highest BCUT2D eigenvalue weighted by molar-refractivity contribution is 6.03. The van der Waals surface area contributed by atoms with Crippen LogP contribution in [0.15, 0.2) is 53.6 Å². The van der Waals surface area contributed by atoms with Crippen molar-refractivity contribution in [2.45, 2.75) is 32.1 Å². The van der Waals surface area contributed by atoms with Crippen molar-refractivity contribution in [2.24, 2.45) is 5.10 Å². The van der Waals surface area contributed by atoms with E-state index in [-0.39, 0.29) is 17.9 Å². The van der Waals surface area contributed by atoms with E-state index in [9.17, 15) is 23.1 Å². The molecular weight excluding hydrogens is 465 g/mol. The quantitative estimate of drug-likeness (QED) is 0.601. The lowest BCUT2D eigenvalue weighted by Crippen LogP contribution is -2.31. The number of fused-ring (bicyclic) bond motifs is 1. The van der Waals surface area contributed by atoms with Crippen molar-refractivity contribution in [3.8, 4) is 17.2 Å². The number of rotatable bonds is 4. The number of amides is 1. The van der Waals surface area contributed by atoms with E-state index < -0.39 is 30.4 Å². The first-order chi connectivity index (χ1) is 16.7. The molecule has 0 unspecified atom stereocenters. The molecule has 0 saturated carbocycles. The molecule has 2 aliphatic rings. The normalized spacial score (nSPS) is 17.4. The van der Waals surface area contributed by atoms with Gasteiger partial charge in [0, 0.05) is 23.2 Å². The molecule has 0 saturated heterocycles. The van der Waals surface area contributed by atoms with Crippen LogP contribution in [0.5, 0.6) is 17.2 Å². The van der Waals surface area contributed by atoms with Gasteiger partial charge in [0.1, 0.15) is 25.5 Å². The van der Waals surface area contributed by atoms with Gasteiger partial charge in [-0.05, 0) is 37.3 Å². The maximum atomic E-state index is 13.3. The van der Waals surface area contributed by atoms with Crippen LogP contribution in [0.25, 0.3) is 0 Å². The molecule has 1 atom stereocenters. The van der Waals surface area contributed by atoms with E-state index in [2.05, 4.69) is 10.2 Å². The summed E-state index contributed by atoms with van der Waals surface area (Å²) in [6.07, 6.45) is -4.33. The molecule has 5 rings (SSSR count). The summed E-state index contributed by atoms with van der Waals surface area (Å²) >= 11 is 0. The van der Waals surface area contributed by atoms with Gasteiger partial charge in [-0.3, -0.25) is 9.48 Å². The zero-order valence-electron chi connectivity index (χ0n) is 18.6. The number of aryl methyl sites for hydroxylation is 1. The van der Waals surface area contributed by atoms with Gasteiger partial charge in [-0.15, -0.1) is 0 Å². The minimum atomic E-state index is -4.62. The number of nitrogens with zero attached hydrogens (tertiary/aromatic N) is 4. The van der Waals surface area contributed by atoms with Crippen LogP contribution in [-0.2, 0) is 17.5 Å². The third-order valence-electron chi connectivity index (χ3n) is 5.89. The number of hydrogen-bond donors (Lipinski definition) is 1. The molecule has 0 fully saturated rings. The van der Waals surface area contributed by atoms with E-state index in [0.29, 0.717) is 41.6 Å². The largest absolute Gasteiger partial charge is 0.508 e. The zero-order chi connectivity index (χ0) is 24.7. The van der Waals surface area contributed by atoms with Gasteiger partial charge in [-0.25, -0.2) is 5.01 Å². The molecular formula is C24H21F3N4O4. The van der Waals surface area contributed by atoms with Gasteiger partial charge in [0.15, 0.2) is 17.2 Å². The average Bonchev–Trinajstić information content (AvgIpc) is 3.43. The molecule has 3 aromatic rings. The summed E-state index contributed by atoms with van der Waals surface area (Å²) in [6.45, 7) is 1.87. The fourth-order valence-electron chi connectivity index (χ4n) is 4.16. The Morgan fingerprint density at radius 1 is 1.11 bits per heavy atom. The van der Waals surface area contributed by atoms with Crippen molar-refractivity contribution >= 4 is 11.6 Å². The Bertz CT molecular complexity index is 1320. The number of carbonyl (C=O) groups is 1. The number of benzene rings is 2. The summed E-state index contributed by atoms with van der Waals surface area (Å²) in [5, 5.41) is 19.7. The molecule has 2 aromatic carbocycles. The first-order valence-corrected chi connectivity index (χ1v) is 10.9. The highest BCUT2D eigenvalue weighted by Crippen LogP contribution is 2.39. The summed E-state index contributed by atoms with van der Waals surface area (Å²) < 4.78 is 51.4. The van der Waals surface area contributed by atoms with Gasteiger partial charge >= 0.3 is 6.18 Å². The Morgan fingerprint density at radius 2 is 1.86 bits per heavy atom. The molecule has 0 spiro atoms. The van der Waals surface area contributed by atoms with Crippen LogP contribution in [0.3, 0.4) is 0 Å². The number of aromatic hydroxyl groups is 1. The lowest BCUT2D eigenvalue weighted by molar-refractivity contribution is -0.142. The van der Waals surface area contributed by atoms with E-state index in [1.165, 1.54) is 18.0 Å². The molecule has 35 heavy (non-hydrogen) atoms. The van der Waals surface area contributed by atoms with Crippen LogP contribution in [0.4, 0.5) is 13.2 Å². The highest BCUT2D eigenvalue weighted by Gasteiger charge is 2.37. The predicted molar refractivity (Wildman–Crippen MR) is 118 cm³/mol. The molecule has 1 amide bonds. The smallest absolute Gasteiger partial charge is 0.435 e. The number of carbonyl (C=O) groups excluding carboxylic acids is 1. The molecule has 182 valence electrons. The number of phenols is 1. The number of hydrogen-bond acceptors (Lipinski definition) is 6. The number of alkyl halides is 3. The molecule has 1 aromatic heterocycles. The zero-order valence-corrected chi connectivity index (χ0v) is 18.6. The van der Waals surface area contributed by atoms with E-state index >= 15 is 0 Å². The second-order valence-electron chi connectivity index (χ2n) is 8.25. The number of phenolic OH excluding ortho intramolecular Hbond substituents is 1. The van der Waals surface area contributed by atoms with Crippen LogP contribution in [-0.4, -0.2) is 44.7 Å². The molecule has 0 bridgehead atoms. The van der Waals surface area contributed by atoms with Crippen molar-refractivity contribution < 1.29 is 32.5 Å². The van der Waals surface area contributed by atoms with Gasteiger partial charge in [0.05, 0.1) is 11.8 Å². The highest BCUT2D eigenvalue weighted by atomic mass is 19.4. The fourth-order valence-corrected chi connectivity index (χ4v) is 4.16. The summed E-state index contributed by atoms with van der Waals surface area (Å²) in [5.41, 5.74) is 0.878. The van der Waals surface area contributed by atoms with Gasteiger partial charge in [0.2, 0.25) is 0 Å². The van der Waals surface area contributed by atoms with E-state index in [1.54, 1.807) is 36.4 Å². The average molecular weight is 486 g/mol. The minimum Gasteiger partial charge on any atom is -0.508 e. The third-order valence-corrected chi connectivity index (χ3v) is 5.89. The molecule has 0 radical (unpaired) electrons. The lowest BCUT2D eigenvalue weighted by atomic mass is 9.97. The molecule has 2 aliphatic heterocycles. The van der Waals surface area contributed by atoms with Crippen LogP contribution in [0.1, 0.15) is 35.0 Å². The predicted octanol–water partition coefficient (Wildman–Crippen LogP) is 4.07. The number of aromatic nitrogens is 2. The second kappa shape index (κ2) is 8.64. The maximum absolute atomic E-state index is 13.3.